The minimum atomic E-state index is 0.705. The summed E-state index contributed by atoms with van der Waals surface area (Å²) in [4.78, 5) is 0. The summed E-state index contributed by atoms with van der Waals surface area (Å²) in [5.74, 6) is 0.991. The van der Waals surface area contributed by atoms with Crippen molar-refractivity contribution in [3.8, 4) is 5.75 Å². The molecule has 0 unspecified atom stereocenters. The number of furan rings is 1. The minimum Gasteiger partial charge on any atom is -0.489 e. The highest BCUT2D eigenvalue weighted by Crippen LogP contribution is 2.21. The third-order valence-corrected chi connectivity index (χ3v) is 2.91. The first-order valence-corrected chi connectivity index (χ1v) is 6.24. The topological polar surface area (TPSA) is 22.4 Å². The fraction of sp³-hybridized carbons (Fsp3) is 0.0588. The number of fused-ring (bicyclic) bond motifs is 2. The molecule has 0 aliphatic carbocycles. The zero-order valence-electron chi connectivity index (χ0n) is 10.5. The van der Waals surface area contributed by atoms with Gasteiger partial charge in [-0.3, -0.25) is 0 Å². The fourth-order valence-corrected chi connectivity index (χ4v) is 1.97. The zero-order valence-corrected chi connectivity index (χ0v) is 10.5. The molecule has 0 saturated carbocycles. The molecule has 4 rings (SSSR count). The second-order valence-corrected chi connectivity index (χ2v) is 4.21. The molecule has 3 aromatic rings. The maximum atomic E-state index is 5.34. The van der Waals surface area contributed by atoms with Gasteiger partial charge in [0, 0.05) is 10.9 Å². The Morgan fingerprint density at radius 2 is 1.68 bits per heavy atom. The second-order valence-electron chi connectivity index (χ2n) is 4.21. The van der Waals surface area contributed by atoms with Crippen LogP contribution in [0, 0.1) is 0 Å². The van der Waals surface area contributed by atoms with Crippen LogP contribution in [0.25, 0.3) is 17.0 Å². The molecular weight excluding hydrogens is 236 g/mol. The SMILES string of the molecule is C1=Cc2ccccc2OC1.c1ccc2occc2c1. The molecule has 2 heterocycles. The van der Waals surface area contributed by atoms with Crippen LogP contribution in [-0.4, -0.2) is 6.61 Å². The number of ether oxygens (including phenoxy) is 1. The smallest absolute Gasteiger partial charge is 0.133 e. The Balaban J connectivity index is 0.000000117. The van der Waals surface area contributed by atoms with E-state index in [1.165, 1.54) is 5.56 Å². The molecule has 0 spiro atoms. The van der Waals surface area contributed by atoms with Crippen LogP contribution in [0.2, 0.25) is 0 Å². The number of hydrogen-bond donors (Lipinski definition) is 0. The Bertz CT molecular complexity index is 665. The van der Waals surface area contributed by atoms with Crippen molar-refractivity contribution in [1.29, 1.82) is 0 Å². The maximum Gasteiger partial charge on any atom is 0.133 e. The maximum absolute atomic E-state index is 5.34. The molecule has 2 nitrogen and oxygen atoms in total. The van der Waals surface area contributed by atoms with Crippen molar-refractivity contribution in [3.05, 3.63) is 72.5 Å². The van der Waals surface area contributed by atoms with Gasteiger partial charge in [-0.05, 0) is 24.3 Å². The lowest BCUT2D eigenvalue weighted by molar-refractivity contribution is 0.358. The number of para-hydroxylation sites is 2. The lowest BCUT2D eigenvalue weighted by atomic mass is 10.1. The third-order valence-electron chi connectivity index (χ3n) is 2.91. The van der Waals surface area contributed by atoms with Crippen LogP contribution < -0.4 is 4.74 Å². The van der Waals surface area contributed by atoms with E-state index in [0.29, 0.717) is 6.61 Å². The summed E-state index contributed by atoms with van der Waals surface area (Å²) in [5.41, 5.74) is 2.13. The fourth-order valence-electron chi connectivity index (χ4n) is 1.97. The van der Waals surface area contributed by atoms with Crippen LogP contribution in [0.3, 0.4) is 0 Å². The zero-order chi connectivity index (χ0) is 12.9. The molecule has 0 amide bonds. The van der Waals surface area contributed by atoms with Gasteiger partial charge >= 0.3 is 0 Å². The summed E-state index contributed by atoms with van der Waals surface area (Å²) in [5, 5.41) is 1.16. The first kappa shape index (κ1) is 11.6. The van der Waals surface area contributed by atoms with Gasteiger partial charge in [0.05, 0.1) is 6.26 Å². The molecule has 2 aromatic carbocycles. The van der Waals surface area contributed by atoms with Crippen molar-refractivity contribution >= 4 is 17.0 Å². The molecule has 1 aliphatic heterocycles. The van der Waals surface area contributed by atoms with E-state index in [2.05, 4.69) is 6.08 Å². The third kappa shape index (κ3) is 2.68. The molecule has 0 atom stereocenters. The Kier molecular flexibility index (Phi) is 3.32. The van der Waals surface area contributed by atoms with Crippen LogP contribution >= 0.6 is 0 Å². The van der Waals surface area contributed by atoms with E-state index in [1.54, 1.807) is 6.26 Å². The summed E-state index contributed by atoms with van der Waals surface area (Å²) in [6.07, 6.45) is 5.80. The molecule has 1 aliphatic rings. The Morgan fingerprint density at radius 3 is 2.58 bits per heavy atom. The van der Waals surface area contributed by atoms with E-state index in [4.69, 9.17) is 9.15 Å². The first-order valence-electron chi connectivity index (χ1n) is 6.24. The number of benzene rings is 2. The Morgan fingerprint density at radius 1 is 0.842 bits per heavy atom. The summed E-state index contributed by atoms with van der Waals surface area (Å²) >= 11 is 0. The molecule has 94 valence electrons. The summed E-state index contributed by atoms with van der Waals surface area (Å²) < 4.78 is 10.5. The minimum absolute atomic E-state index is 0.705. The van der Waals surface area contributed by atoms with Gasteiger partial charge in [-0.25, -0.2) is 0 Å². The highest BCUT2D eigenvalue weighted by molar-refractivity contribution is 5.76. The van der Waals surface area contributed by atoms with E-state index < -0.39 is 0 Å². The number of rotatable bonds is 0. The first-order chi connectivity index (χ1) is 9.43. The van der Waals surface area contributed by atoms with Crippen molar-refractivity contribution < 1.29 is 9.15 Å². The largest absolute Gasteiger partial charge is 0.489 e. The van der Waals surface area contributed by atoms with Crippen molar-refractivity contribution in [2.75, 3.05) is 6.61 Å². The summed E-state index contributed by atoms with van der Waals surface area (Å²) in [6.45, 7) is 0.705. The normalized spacial score (nSPS) is 12.2. The van der Waals surface area contributed by atoms with Gasteiger partial charge in [-0.1, -0.05) is 42.5 Å². The second kappa shape index (κ2) is 5.44. The highest BCUT2D eigenvalue weighted by atomic mass is 16.5. The molecular formula is C17H14O2. The van der Waals surface area contributed by atoms with Crippen molar-refractivity contribution in [2.45, 2.75) is 0 Å². The van der Waals surface area contributed by atoms with Gasteiger partial charge in [0.2, 0.25) is 0 Å². The van der Waals surface area contributed by atoms with Gasteiger partial charge in [0.15, 0.2) is 0 Å². The van der Waals surface area contributed by atoms with E-state index in [0.717, 1.165) is 16.7 Å². The van der Waals surface area contributed by atoms with Crippen LogP contribution in [0.15, 0.2) is 71.4 Å². The molecule has 1 aromatic heterocycles. The average Bonchev–Trinajstić information content (AvgIpc) is 2.96. The Hall–Kier alpha value is -2.48. The lowest BCUT2D eigenvalue weighted by Gasteiger charge is -2.10. The molecule has 0 radical (unpaired) electrons. The quantitative estimate of drug-likeness (QED) is 0.585. The molecule has 0 N–H and O–H groups in total. The molecule has 2 heteroatoms. The Labute approximate surface area is 111 Å². The standard InChI is InChI=1S/C9H8O.C8H6O/c1-2-6-9-8(4-1)5-3-7-10-9;1-2-4-8-7(3-1)5-6-9-8/h1-6H,7H2;1-6H. The number of hydrogen-bond acceptors (Lipinski definition) is 2. The highest BCUT2D eigenvalue weighted by Gasteiger charge is 2.01. The molecule has 0 saturated heterocycles. The van der Waals surface area contributed by atoms with Crippen LogP contribution in [-0.2, 0) is 0 Å². The van der Waals surface area contributed by atoms with Crippen molar-refractivity contribution in [3.63, 3.8) is 0 Å². The van der Waals surface area contributed by atoms with E-state index >= 15 is 0 Å². The average molecular weight is 250 g/mol. The predicted octanol–water partition coefficient (Wildman–Crippen LogP) is 4.53. The van der Waals surface area contributed by atoms with Crippen molar-refractivity contribution in [1.82, 2.24) is 0 Å². The van der Waals surface area contributed by atoms with Gasteiger partial charge in [0.1, 0.15) is 17.9 Å². The van der Waals surface area contributed by atoms with E-state index in [9.17, 15) is 0 Å². The lowest BCUT2D eigenvalue weighted by Crippen LogP contribution is -1.98. The van der Waals surface area contributed by atoms with Crippen LogP contribution in [0.4, 0.5) is 0 Å². The summed E-state index contributed by atoms with van der Waals surface area (Å²) in [6, 6.07) is 17.9. The van der Waals surface area contributed by atoms with Crippen LogP contribution in [0.1, 0.15) is 5.56 Å². The molecule has 19 heavy (non-hydrogen) atoms. The van der Waals surface area contributed by atoms with Crippen LogP contribution in [0.5, 0.6) is 5.75 Å². The van der Waals surface area contributed by atoms with E-state index in [-0.39, 0.29) is 0 Å². The van der Waals surface area contributed by atoms with Crippen molar-refractivity contribution in [2.24, 2.45) is 0 Å². The predicted molar refractivity (Wildman–Crippen MR) is 77.2 cm³/mol. The summed E-state index contributed by atoms with van der Waals surface area (Å²) in [7, 11) is 0. The molecule has 0 bridgehead atoms. The van der Waals surface area contributed by atoms with Gasteiger partial charge in [-0.2, -0.15) is 0 Å². The van der Waals surface area contributed by atoms with E-state index in [1.807, 2.05) is 60.7 Å². The van der Waals surface area contributed by atoms with Gasteiger partial charge < -0.3 is 9.15 Å². The molecule has 0 fully saturated rings. The van der Waals surface area contributed by atoms with Gasteiger partial charge in [-0.15, -0.1) is 0 Å². The monoisotopic (exact) mass is 250 g/mol. The van der Waals surface area contributed by atoms with Gasteiger partial charge in [0.25, 0.3) is 0 Å².